The lowest BCUT2D eigenvalue weighted by Gasteiger charge is -2.36. The van der Waals surface area contributed by atoms with Gasteiger partial charge in [-0.2, -0.15) is 0 Å². The molecule has 0 spiro atoms. The summed E-state index contributed by atoms with van der Waals surface area (Å²) in [7, 11) is 0. The van der Waals surface area contributed by atoms with Gasteiger partial charge in [-0.3, -0.25) is 9.69 Å². The van der Waals surface area contributed by atoms with Gasteiger partial charge in [0.2, 0.25) is 0 Å². The lowest BCUT2D eigenvalue weighted by Crippen LogP contribution is -2.46. The highest BCUT2D eigenvalue weighted by atomic mass is 16.2. The lowest BCUT2D eigenvalue weighted by atomic mass is 10.1. The van der Waals surface area contributed by atoms with Crippen molar-refractivity contribution >= 4 is 28.1 Å². The number of carbonyl (C=O) groups excluding carboxylic acids is 1. The van der Waals surface area contributed by atoms with Gasteiger partial charge in [-0.05, 0) is 49.0 Å². The van der Waals surface area contributed by atoms with Gasteiger partial charge in [-0.25, -0.2) is 0 Å². The van der Waals surface area contributed by atoms with Crippen LogP contribution in [0.15, 0.2) is 66.7 Å². The van der Waals surface area contributed by atoms with Crippen LogP contribution in [0.3, 0.4) is 0 Å². The van der Waals surface area contributed by atoms with E-state index in [1.54, 1.807) is 0 Å². The van der Waals surface area contributed by atoms with Crippen LogP contribution in [0.2, 0.25) is 0 Å². The standard InChI is InChI=1S/C25H27N3O/c29-25-22-12-6-8-20-9-7-13-23(24(20)22)28(25)15-5-4-14-26-16-18-27(19-17-26)21-10-2-1-3-11-21/h1-3,6-13H,4-5,14-19H2. The van der Waals surface area contributed by atoms with Crippen molar-refractivity contribution in [2.45, 2.75) is 12.8 Å². The number of benzene rings is 3. The highest BCUT2D eigenvalue weighted by Crippen LogP contribution is 2.37. The summed E-state index contributed by atoms with van der Waals surface area (Å²) in [5, 5.41) is 2.28. The number of para-hydroxylation sites is 1. The molecule has 0 unspecified atom stereocenters. The van der Waals surface area contributed by atoms with Crippen molar-refractivity contribution in [2.24, 2.45) is 0 Å². The summed E-state index contributed by atoms with van der Waals surface area (Å²) in [6, 6.07) is 23.0. The summed E-state index contributed by atoms with van der Waals surface area (Å²) >= 11 is 0. The number of anilines is 2. The van der Waals surface area contributed by atoms with Crippen molar-refractivity contribution in [3.05, 3.63) is 72.3 Å². The van der Waals surface area contributed by atoms with Crippen LogP contribution in [0.25, 0.3) is 10.8 Å². The van der Waals surface area contributed by atoms with Gasteiger partial charge in [-0.1, -0.05) is 42.5 Å². The minimum Gasteiger partial charge on any atom is -0.369 e. The molecule has 29 heavy (non-hydrogen) atoms. The minimum absolute atomic E-state index is 0.160. The Kier molecular flexibility index (Phi) is 4.94. The zero-order valence-electron chi connectivity index (χ0n) is 16.8. The van der Waals surface area contributed by atoms with Crippen molar-refractivity contribution in [1.82, 2.24) is 4.90 Å². The highest BCUT2D eigenvalue weighted by molar-refractivity contribution is 6.24. The summed E-state index contributed by atoms with van der Waals surface area (Å²) in [5.74, 6) is 0.160. The molecule has 0 bridgehead atoms. The Morgan fingerprint density at radius 2 is 1.45 bits per heavy atom. The lowest BCUT2D eigenvalue weighted by molar-refractivity contribution is 0.0992. The Hall–Kier alpha value is -2.85. The number of amides is 1. The van der Waals surface area contributed by atoms with Crippen LogP contribution in [-0.2, 0) is 0 Å². The Labute approximate surface area is 172 Å². The normalized spacial score (nSPS) is 16.8. The van der Waals surface area contributed by atoms with Crippen molar-refractivity contribution in [3.8, 4) is 0 Å². The van der Waals surface area contributed by atoms with E-state index in [4.69, 9.17) is 0 Å². The van der Waals surface area contributed by atoms with E-state index < -0.39 is 0 Å². The third kappa shape index (κ3) is 3.49. The van der Waals surface area contributed by atoms with Crippen LogP contribution >= 0.6 is 0 Å². The van der Waals surface area contributed by atoms with Crippen LogP contribution in [0.5, 0.6) is 0 Å². The number of hydrogen-bond acceptors (Lipinski definition) is 3. The molecule has 1 fully saturated rings. The average molecular weight is 386 g/mol. The van der Waals surface area contributed by atoms with Crippen LogP contribution < -0.4 is 9.80 Å². The van der Waals surface area contributed by atoms with Crippen LogP contribution in [-0.4, -0.2) is 50.1 Å². The number of piperazine rings is 1. The van der Waals surface area contributed by atoms with E-state index in [0.717, 1.165) is 74.1 Å². The molecule has 3 aromatic carbocycles. The zero-order valence-corrected chi connectivity index (χ0v) is 16.8. The topological polar surface area (TPSA) is 26.8 Å². The second-order valence-electron chi connectivity index (χ2n) is 8.01. The second kappa shape index (κ2) is 7.88. The number of rotatable bonds is 6. The summed E-state index contributed by atoms with van der Waals surface area (Å²) in [5.41, 5.74) is 3.27. The van der Waals surface area contributed by atoms with Crippen molar-refractivity contribution in [3.63, 3.8) is 0 Å². The smallest absolute Gasteiger partial charge is 0.258 e. The molecule has 0 radical (unpaired) electrons. The van der Waals surface area contributed by atoms with Gasteiger partial charge in [0, 0.05) is 49.4 Å². The molecule has 2 heterocycles. The third-order valence-corrected chi connectivity index (χ3v) is 6.25. The molecule has 0 aliphatic carbocycles. The SMILES string of the molecule is O=C1c2cccc3cccc(c23)N1CCCCN1CCN(c2ccccc2)CC1. The fourth-order valence-electron chi connectivity index (χ4n) is 4.67. The quantitative estimate of drug-likeness (QED) is 0.589. The molecule has 0 aromatic heterocycles. The molecule has 148 valence electrons. The van der Waals surface area contributed by atoms with Gasteiger partial charge in [0.1, 0.15) is 0 Å². The van der Waals surface area contributed by atoms with Gasteiger partial charge in [0.15, 0.2) is 0 Å². The fourth-order valence-corrected chi connectivity index (χ4v) is 4.67. The Morgan fingerprint density at radius 1 is 0.724 bits per heavy atom. The summed E-state index contributed by atoms with van der Waals surface area (Å²) in [6.07, 6.45) is 2.16. The average Bonchev–Trinajstić information content (AvgIpc) is 3.06. The Bertz CT molecular complexity index is 1000. The van der Waals surface area contributed by atoms with E-state index in [2.05, 4.69) is 64.4 Å². The summed E-state index contributed by atoms with van der Waals surface area (Å²) < 4.78 is 0. The summed E-state index contributed by atoms with van der Waals surface area (Å²) in [6.45, 7) is 6.32. The van der Waals surface area contributed by atoms with Gasteiger partial charge in [-0.15, -0.1) is 0 Å². The molecule has 1 amide bonds. The monoisotopic (exact) mass is 385 g/mol. The van der Waals surface area contributed by atoms with Crippen LogP contribution in [0.1, 0.15) is 23.2 Å². The Morgan fingerprint density at radius 3 is 2.24 bits per heavy atom. The first-order chi connectivity index (χ1) is 14.3. The fraction of sp³-hybridized carbons (Fsp3) is 0.320. The van der Waals surface area contributed by atoms with E-state index in [9.17, 15) is 4.79 Å². The second-order valence-corrected chi connectivity index (χ2v) is 8.01. The molecule has 3 aromatic rings. The van der Waals surface area contributed by atoms with E-state index in [1.807, 2.05) is 17.0 Å². The van der Waals surface area contributed by atoms with Crippen molar-refractivity contribution in [2.75, 3.05) is 49.1 Å². The molecular weight excluding hydrogens is 358 g/mol. The highest BCUT2D eigenvalue weighted by Gasteiger charge is 2.28. The molecule has 0 saturated carbocycles. The first-order valence-corrected chi connectivity index (χ1v) is 10.7. The number of carbonyl (C=O) groups is 1. The van der Waals surface area contributed by atoms with E-state index in [-0.39, 0.29) is 5.91 Å². The van der Waals surface area contributed by atoms with E-state index in [0.29, 0.717) is 0 Å². The van der Waals surface area contributed by atoms with E-state index >= 15 is 0 Å². The van der Waals surface area contributed by atoms with Gasteiger partial charge in [0.25, 0.3) is 5.91 Å². The molecule has 0 N–H and O–H groups in total. The minimum atomic E-state index is 0.160. The predicted octanol–water partition coefficient (Wildman–Crippen LogP) is 4.40. The number of unbranched alkanes of at least 4 members (excludes halogenated alkanes) is 1. The molecular formula is C25H27N3O. The van der Waals surface area contributed by atoms with Gasteiger partial charge in [0.05, 0.1) is 5.69 Å². The molecule has 2 aliphatic heterocycles. The van der Waals surface area contributed by atoms with Crippen LogP contribution in [0.4, 0.5) is 11.4 Å². The maximum absolute atomic E-state index is 12.9. The molecule has 4 nitrogen and oxygen atoms in total. The molecule has 4 heteroatoms. The molecule has 2 aliphatic rings. The van der Waals surface area contributed by atoms with Crippen molar-refractivity contribution < 1.29 is 4.79 Å². The zero-order chi connectivity index (χ0) is 19.6. The molecule has 5 rings (SSSR count). The Balaban J connectivity index is 1.12. The van der Waals surface area contributed by atoms with Crippen molar-refractivity contribution in [1.29, 1.82) is 0 Å². The molecule has 0 atom stereocenters. The summed E-state index contributed by atoms with van der Waals surface area (Å²) in [4.78, 5) is 19.9. The number of hydrogen-bond donors (Lipinski definition) is 0. The first kappa shape index (κ1) is 18.2. The molecule has 1 saturated heterocycles. The van der Waals surface area contributed by atoms with Gasteiger partial charge >= 0.3 is 0 Å². The maximum atomic E-state index is 12.9. The number of nitrogens with zero attached hydrogens (tertiary/aromatic N) is 3. The maximum Gasteiger partial charge on any atom is 0.258 e. The third-order valence-electron chi connectivity index (χ3n) is 6.25. The predicted molar refractivity (Wildman–Crippen MR) is 120 cm³/mol. The van der Waals surface area contributed by atoms with E-state index in [1.165, 1.54) is 5.69 Å². The van der Waals surface area contributed by atoms with Crippen LogP contribution in [0, 0.1) is 0 Å². The first-order valence-electron chi connectivity index (χ1n) is 10.7. The van der Waals surface area contributed by atoms with Gasteiger partial charge < -0.3 is 9.80 Å². The largest absolute Gasteiger partial charge is 0.369 e.